The molecule has 0 heterocycles. The highest BCUT2D eigenvalue weighted by Crippen LogP contribution is 2.28. The summed E-state index contributed by atoms with van der Waals surface area (Å²) < 4.78 is 21.3. The third-order valence-electron chi connectivity index (χ3n) is 6.37. The summed E-state index contributed by atoms with van der Waals surface area (Å²) in [5.41, 5.74) is 1.97. The number of hydrogen-bond donors (Lipinski definition) is 3. The van der Waals surface area contributed by atoms with Crippen molar-refractivity contribution in [3.8, 4) is 23.0 Å². The molecule has 0 fully saturated rings. The van der Waals surface area contributed by atoms with E-state index in [4.69, 9.17) is 18.9 Å². The van der Waals surface area contributed by atoms with Crippen molar-refractivity contribution in [3.05, 3.63) is 108 Å². The molecular weight excluding hydrogens is 594 g/mol. The van der Waals surface area contributed by atoms with Crippen LogP contribution in [0, 0.1) is 0 Å². The van der Waals surface area contributed by atoms with Gasteiger partial charge in [0.25, 0.3) is 11.8 Å². The number of benzene rings is 4. The van der Waals surface area contributed by atoms with Gasteiger partial charge in [-0.25, -0.2) is 0 Å². The molecule has 10 nitrogen and oxygen atoms in total. The number of thioether (sulfide) groups is 1. The molecule has 0 saturated carbocycles. The Bertz CT molecular complexity index is 1670. The molecule has 0 radical (unpaired) electrons. The monoisotopic (exact) mass is 627 g/mol. The summed E-state index contributed by atoms with van der Waals surface area (Å²) in [5.74, 6) is 1.03. The lowest BCUT2D eigenvalue weighted by molar-refractivity contribution is -0.114. The summed E-state index contributed by atoms with van der Waals surface area (Å²) in [6.07, 6.45) is 1.53. The van der Waals surface area contributed by atoms with Crippen LogP contribution < -0.4 is 34.9 Å². The normalized spacial score (nSPS) is 10.8. The molecule has 0 saturated heterocycles. The van der Waals surface area contributed by atoms with E-state index in [1.54, 1.807) is 92.0 Å². The molecule has 45 heavy (non-hydrogen) atoms. The van der Waals surface area contributed by atoms with E-state index in [9.17, 15) is 14.4 Å². The summed E-state index contributed by atoms with van der Waals surface area (Å²) in [4.78, 5) is 40.0. The summed E-state index contributed by atoms with van der Waals surface area (Å²) in [6.45, 7) is 0. The third kappa shape index (κ3) is 9.28. The Labute approximate surface area is 265 Å². The molecule has 4 aromatic carbocycles. The van der Waals surface area contributed by atoms with Gasteiger partial charge < -0.3 is 34.9 Å². The number of hydrogen-bond acceptors (Lipinski definition) is 8. The van der Waals surface area contributed by atoms with Crippen LogP contribution in [0.5, 0.6) is 23.0 Å². The van der Waals surface area contributed by atoms with Gasteiger partial charge in [-0.3, -0.25) is 14.4 Å². The fraction of sp³-hybridized carbons (Fsp3) is 0.147. The SMILES string of the molecule is COc1cc(NC(=O)CSc2cccc(NC(=O)/C(=C\c3ccc(OC)cc3OC)NC(=O)c3ccccc3)c2)cc(OC)c1. The third-order valence-corrected chi connectivity index (χ3v) is 7.36. The van der Waals surface area contributed by atoms with Crippen molar-refractivity contribution in [2.24, 2.45) is 0 Å². The van der Waals surface area contributed by atoms with Gasteiger partial charge in [0, 0.05) is 51.7 Å². The first-order valence-corrected chi connectivity index (χ1v) is 14.7. The van der Waals surface area contributed by atoms with Gasteiger partial charge in [-0.2, -0.15) is 0 Å². The highest BCUT2D eigenvalue weighted by Gasteiger charge is 2.17. The molecular formula is C34H33N3O7S. The van der Waals surface area contributed by atoms with E-state index in [2.05, 4.69) is 16.0 Å². The zero-order valence-corrected chi connectivity index (χ0v) is 26.0. The average Bonchev–Trinajstić information content (AvgIpc) is 3.07. The Hall–Kier alpha value is -5.42. The van der Waals surface area contributed by atoms with Crippen LogP contribution in [0.2, 0.25) is 0 Å². The van der Waals surface area contributed by atoms with Crippen LogP contribution in [0.25, 0.3) is 6.08 Å². The number of carbonyl (C=O) groups is 3. The van der Waals surface area contributed by atoms with Crippen LogP contribution in [-0.2, 0) is 9.59 Å². The van der Waals surface area contributed by atoms with Gasteiger partial charge in [0.1, 0.15) is 28.7 Å². The van der Waals surface area contributed by atoms with Crippen molar-refractivity contribution in [3.63, 3.8) is 0 Å². The van der Waals surface area contributed by atoms with Crippen molar-refractivity contribution < 1.29 is 33.3 Å². The van der Waals surface area contributed by atoms with Gasteiger partial charge in [0.2, 0.25) is 5.91 Å². The van der Waals surface area contributed by atoms with Crippen molar-refractivity contribution in [1.82, 2.24) is 5.32 Å². The molecule has 0 aliphatic carbocycles. The van der Waals surface area contributed by atoms with Gasteiger partial charge in [0.05, 0.1) is 34.2 Å². The molecule has 4 aromatic rings. The minimum Gasteiger partial charge on any atom is -0.497 e. The molecule has 0 atom stereocenters. The summed E-state index contributed by atoms with van der Waals surface area (Å²) >= 11 is 1.30. The van der Waals surface area contributed by atoms with Gasteiger partial charge in [-0.1, -0.05) is 24.3 Å². The van der Waals surface area contributed by atoms with Gasteiger partial charge in [0.15, 0.2) is 0 Å². The second kappa shape index (κ2) is 15.9. The van der Waals surface area contributed by atoms with E-state index in [0.717, 1.165) is 4.90 Å². The molecule has 0 aliphatic rings. The highest BCUT2D eigenvalue weighted by molar-refractivity contribution is 8.00. The molecule has 0 unspecified atom stereocenters. The second-order valence-corrected chi connectivity index (χ2v) is 10.5. The zero-order valence-electron chi connectivity index (χ0n) is 25.2. The lowest BCUT2D eigenvalue weighted by atomic mass is 10.1. The molecule has 232 valence electrons. The Morgan fingerprint density at radius 1 is 0.689 bits per heavy atom. The predicted molar refractivity (Wildman–Crippen MR) is 175 cm³/mol. The Morgan fingerprint density at radius 2 is 1.40 bits per heavy atom. The van der Waals surface area contributed by atoms with Crippen LogP contribution in [0.1, 0.15) is 15.9 Å². The topological polar surface area (TPSA) is 124 Å². The first-order chi connectivity index (χ1) is 21.8. The lowest BCUT2D eigenvalue weighted by Gasteiger charge is -2.13. The standard InChI is InChI=1S/C34H33N3O7S/c1-41-26-14-13-23(31(20-26)44-4)15-30(37-33(39)22-9-6-5-7-10-22)34(40)36-24-11-8-12-29(18-24)45-21-32(38)35-25-16-27(42-2)19-28(17-25)43-3/h5-20H,21H2,1-4H3,(H,35,38)(H,36,40)(H,37,39)/b30-15+. The van der Waals surface area contributed by atoms with E-state index >= 15 is 0 Å². The summed E-state index contributed by atoms with van der Waals surface area (Å²) in [7, 11) is 6.12. The highest BCUT2D eigenvalue weighted by atomic mass is 32.2. The van der Waals surface area contributed by atoms with Crippen LogP contribution in [0.3, 0.4) is 0 Å². The van der Waals surface area contributed by atoms with Crippen molar-refractivity contribution in [1.29, 1.82) is 0 Å². The van der Waals surface area contributed by atoms with E-state index < -0.39 is 11.8 Å². The molecule has 0 spiro atoms. The van der Waals surface area contributed by atoms with Gasteiger partial charge in [-0.05, 0) is 48.5 Å². The second-order valence-electron chi connectivity index (χ2n) is 9.41. The fourth-order valence-corrected chi connectivity index (χ4v) is 4.88. The summed E-state index contributed by atoms with van der Waals surface area (Å²) in [5, 5.41) is 8.41. The molecule has 0 aliphatic heterocycles. The number of nitrogens with one attached hydrogen (secondary N) is 3. The first kappa shape index (κ1) is 32.5. The Morgan fingerprint density at radius 3 is 2.07 bits per heavy atom. The minimum atomic E-state index is -0.552. The largest absolute Gasteiger partial charge is 0.497 e. The number of anilines is 2. The van der Waals surface area contributed by atoms with Gasteiger partial charge >= 0.3 is 0 Å². The zero-order chi connectivity index (χ0) is 32.2. The molecule has 11 heteroatoms. The molecule has 0 aromatic heterocycles. The molecule has 3 N–H and O–H groups in total. The average molecular weight is 628 g/mol. The first-order valence-electron chi connectivity index (χ1n) is 13.7. The number of rotatable bonds is 13. The van der Waals surface area contributed by atoms with Crippen molar-refractivity contribution in [2.45, 2.75) is 4.90 Å². The maximum Gasteiger partial charge on any atom is 0.272 e. The van der Waals surface area contributed by atoms with Crippen LogP contribution in [0.4, 0.5) is 11.4 Å². The predicted octanol–water partition coefficient (Wildman–Crippen LogP) is 5.86. The van der Waals surface area contributed by atoms with E-state index in [0.29, 0.717) is 45.5 Å². The molecule has 0 bridgehead atoms. The quantitative estimate of drug-likeness (QED) is 0.124. The van der Waals surface area contributed by atoms with E-state index in [1.807, 2.05) is 6.07 Å². The number of amides is 3. The maximum atomic E-state index is 13.5. The Kier molecular flexibility index (Phi) is 11.5. The smallest absolute Gasteiger partial charge is 0.272 e. The lowest BCUT2D eigenvalue weighted by Crippen LogP contribution is -2.30. The van der Waals surface area contributed by atoms with Crippen molar-refractivity contribution in [2.75, 3.05) is 44.8 Å². The Balaban J connectivity index is 1.49. The number of methoxy groups -OCH3 is 4. The van der Waals surface area contributed by atoms with Crippen LogP contribution >= 0.6 is 11.8 Å². The number of ether oxygens (including phenoxy) is 4. The molecule has 3 amide bonds. The van der Waals surface area contributed by atoms with Gasteiger partial charge in [-0.15, -0.1) is 11.8 Å². The van der Waals surface area contributed by atoms with Crippen LogP contribution in [-0.4, -0.2) is 51.9 Å². The fourth-order valence-electron chi connectivity index (χ4n) is 4.12. The van der Waals surface area contributed by atoms with E-state index in [1.165, 1.54) is 39.2 Å². The van der Waals surface area contributed by atoms with Crippen LogP contribution in [0.15, 0.2) is 102 Å². The molecule has 4 rings (SSSR count). The van der Waals surface area contributed by atoms with Crippen molar-refractivity contribution >= 4 is 46.9 Å². The number of carbonyl (C=O) groups excluding carboxylic acids is 3. The maximum absolute atomic E-state index is 13.5. The van der Waals surface area contributed by atoms with E-state index in [-0.39, 0.29) is 17.4 Å². The summed E-state index contributed by atoms with van der Waals surface area (Å²) in [6, 6.07) is 25.9. The minimum absolute atomic E-state index is 0.00142.